The van der Waals surface area contributed by atoms with E-state index in [2.05, 4.69) is 0 Å². The average Bonchev–Trinajstić information content (AvgIpc) is 2.35. The molecule has 0 saturated carbocycles. The van der Waals surface area contributed by atoms with E-state index < -0.39 is 10.9 Å². The van der Waals surface area contributed by atoms with Gasteiger partial charge in [-0.25, -0.2) is 4.79 Å². The number of carbonyl (C=O) groups excluding carboxylic acids is 1. The molecule has 0 aromatic heterocycles. The van der Waals surface area contributed by atoms with E-state index in [1.165, 1.54) is 24.3 Å². The molecule has 0 spiro atoms. The molecule has 1 aromatic rings. The van der Waals surface area contributed by atoms with E-state index in [1.807, 2.05) is 19.9 Å². The van der Waals surface area contributed by atoms with Crippen LogP contribution >= 0.6 is 0 Å². The Balaban J connectivity index is 2.67. The van der Waals surface area contributed by atoms with E-state index in [1.54, 1.807) is 0 Å². The van der Waals surface area contributed by atoms with Gasteiger partial charge in [0.05, 0.1) is 10.5 Å². The van der Waals surface area contributed by atoms with Crippen LogP contribution < -0.4 is 0 Å². The fraction of sp³-hybridized carbons (Fsp3) is 0.250. The first-order valence-electron chi connectivity index (χ1n) is 5.08. The number of nitro benzene ring substituents is 1. The van der Waals surface area contributed by atoms with Gasteiger partial charge in [0.25, 0.3) is 5.69 Å². The monoisotopic (exact) mass is 235 g/mol. The number of non-ortho nitro benzene ring substituents is 1. The van der Waals surface area contributed by atoms with Gasteiger partial charge >= 0.3 is 5.97 Å². The fourth-order valence-electron chi connectivity index (χ4n) is 1.07. The van der Waals surface area contributed by atoms with Crippen molar-refractivity contribution in [2.24, 2.45) is 0 Å². The zero-order valence-corrected chi connectivity index (χ0v) is 9.67. The van der Waals surface area contributed by atoms with Crippen LogP contribution in [0.2, 0.25) is 0 Å². The minimum absolute atomic E-state index is 0.0498. The molecule has 0 aliphatic carbocycles. The van der Waals surface area contributed by atoms with Crippen molar-refractivity contribution in [3.8, 4) is 0 Å². The molecule has 1 aromatic carbocycles. The van der Waals surface area contributed by atoms with Gasteiger partial charge in [-0.2, -0.15) is 0 Å². The summed E-state index contributed by atoms with van der Waals surface area (Å²) in [6.45, 7) is 3.94. The van der Waals surface area contributed by atoms with Gasteiger partial charge in [0.2, 0.25) is 0 Å². The summed E-state index contributed by atoms with van der Waals surface area (Å²) in [4.78, 5) is 21.4. The first kappa shape index (κ1) is 12.9. The number of esters is 1. The maximum absolute atomic E-state index is 11.5. The Morgan fingerprint density at radius 2 is 2.00 bits per heavy atom. The maximum Gasteiger partial charge on any atom is 0.338 e. The Hall–Kier alpha value is -2.17. The summed E-state index contributed by atoms with van der Waals surface area (Å²) in [6, 6.07) is 5.31. The number of hydrogen-bond donors (Lipinski definition) is 0. The zero-order valence-electron chi connectivity index (χ0n) is 9.67. The molecule has 90 valence electrons. The van der Waals surface area contributed by atoms with Gasteiger partial charge in [-0.05, 0) is 31.6 Å². The molecule has 5 nitrogen and oxygen atoms in total. The summed E-state index contributed by atoms with van der Waals surface area (Å²) in [5.74, 6) is -0.485. The Morgan fingerprint density at radius 3 is 2.47 bits per heavy atom. The number of ether oxygens (including phenoxy) is 1. The van der Waals surface area contributed by atoms with Crippen molar-refractivity contribution in [3.05, 3.63) is 51.6 Å². The Kier molecular flexibility index (Phi) is 4.39. The van der Waals surface area contributed by atoms with E-state index in [4.69, 9.17) is 4.74 Å². The second-order valence-corrected chi connectivity index (χ2v) is 3.52. The van der Waals surface area contributed by atoms with Gasteiger partial charge in [-0.1, -0.05) is 6.08 Å². The molecule has 5 heteroatoms. The summed E-state index contributed by atoms with van der Waals surface area (Å²) in [7, 11) is 0. The van der Waals surface area contributed by atoms with Crippen LogP contribution in [-0.4, -0.2) is 17.5 Å². The molecule has 0 atom stereocenters. The molecular formula is C12H13NO4. The number of nitro groups is 1. The Bertz CT molecular complexity index is 448. The third kappa shape index (κ3) is 3.71. The number of nitrogens with zero attached hydrogens (tertiary/aromatic N) is 1. The van der Waals surface area contributed by atoms with E-state index in [0.717, 1.165) is 5.57 Å². The van der Waals surface area contributed by atoms with Crippen LogP contribution in [0.5, 0.6) is 0 Å². The Morgan fingerprint density at radius 1 is 1.41 bits per heavy atom. The molecule has 0 aliphatic rings. The highest BCUT2D eigenvalue weighted by Gasteiger charge is 2.10. The summed E-state index contributed by atoms with van der Waals surface area (Å²) < 4.78 is 5.00. The summed E-state index contributed by atoms with van der Waals surface area (Å²) >= 11 is 0. The fourth-order valence-corrected chi connectivity index (χ4v) is 1.07. The van der Waals surface area contributed by atoms with Crippen LogP contribution in [0.3, 0.4) is 0 Å². The van der Waals surface area contributed by atoms with E-state index in [0.29, 0.717) is 5.56 Å². The van der Waals surface area contributed by atoms with Gasteiger partial charge in [-0.15, -0.1) is 0 Å². The lowest BCUT2D eigenvalue weighted by Crippen LogP contribution is -2.07. The molecule has 0 heterocycles. The third-order valence-electron chi connectivity index (χ3n) is 2.24. The summed E-state index contributed by atoms with van der Waals surface area (Å²) in [6.07, 6.45) is 1.85. The standard InChI is InChI=1S/C12H13NO4/c1-3-9(2)8-17-12(14)10-4-6-11(7-5-10)13(15)16/h3-7H,8H2,1-2H3/b9-3-. The first-order valence-corrected chi connectivity index (χ1v) is 5.08. The molecule has 0 aliphatic heterocycles. The first-order chi connectivity index (χ1) is 8.04. The minimum atomic E-state index is -0.515. The predicted molar refractivity (Wildman–Crippen MR) is 62.8 cm³/mol. The van der Waals surface area contributed by atoms with E-state index >= 15 is 0 Å². The number of hydrogen-bond acceptors (Lipinski definition) is 4. The molecular weight excluding hydrogens is 222 g/mol. The smallest absolute Gasteiger partial charge is 0.338 e. The topological polar surface area (TPSA) is 69.4 Å². The van der Waals surface area contributed by atoms with Crippen LogP contribution in [0.15, 0.2) is 35.9 Å². The zero-order chi connectivity index (χ0) is 12.8. The molecule has 0 fully saturated rings. The van der Waals surface area contributed by atoms with Crippen molar-refractivity contribution in [3.63, 3.8) is 0 Å². The van der Waals surface area contributed by atoms with Gasteiger partial charge in [0.1, 0.15) is 6.61 Å². The van der Waals surface area contributed by atoms with Crippen molar-refractivity contribution in [2.45, 2.75) is 13.8 Å². The minimum Gasteiger partial charge on any atom is -0.458 e. The highest BCUT2D eigenvalue weighted by molar-refractivity contribution is 5.89. The van der Waals surface area contributed by atoms with Crippen molar-refractivity contribution >= 4 is 11.7 Å². The van der Waals surface area contributed by atoms with E-state index in [-0.39, 0.29) is 12.3 Å². The predicted octanol–water partition coefficient (Wildman–Crippen LogP) is 2.72. The van der Waals surface area contributed by atoms with Crippen molar-refractivity contribution in [1.82, 2.24) is 0 Å². The second-order valence-electron chi connectivity index (χ2n) is 3.52. The summed E-state index contributed by atoms with van der Waals surface area (Å²) in [5, 5.41) is 10.4. The average molecular weight is 235 g/mol. The van der Waals surface area contributed by atoms with Crippen molar-refractivity contribution in [1.29, 1.82) is 0 Å². The van der Waals surface area contributed by atoms with E-state index in [9.17, 15) is 14.9 Å². The number of rotatable bonds is 4. The van der Waals surface area contributed by atoms with Gasteiger partial charge in [0.15, 0.2) is 0 Å². The molecule has 0 unspecified atom stereocenters. The Labute approximate surface area is 98.9 Å². The van der Waals surface area contributed by atoms with Gasteiger partial charge in [-0.3, -0.25) is 10.1 Å². The van der Waals surface area contributed by atoms with Gasteiger partial charge in [0, 0.05) is 12.1 Å². The normalized spacial score (nSPS) is 11.1. The second kappa shape index (κ2) is 5.79. The third-order valence-corrected chi connectivity index (χ3v) is 2.24. The lowest BCUT2D eigenvalue weighted by atomic mass is 10.2. The number of carbonyl (C=O) groups is 1. The molecule has 0 radical (unpaired) electrons. The number of allylic oxidation sites excluding steroid dienone is 1. The van der Waals surface area contributed by atoms with Crippen molar-refractivity contribution < 1.29 is 14.5 Å². The molecule has 0 N–H and O–H groups in total. The van der Waals surface area contributed by atoms with Crippen LogP contribution in [0.4, 0.5) is 5.69 Å². The van der Waals surface area contributed by atoms with Gasteiger partial charge < -0.3 is 4.74 Å². The number of benzene rings is 1. The largest absolute Gasteiger partial charge is 0.458 e. The van der Waals surface area contributed by atoms with Crippen LogP contribution in [0.1, 0.15) is 24.2 Å². The molecule has 0 saturated heterocycles. The maximum atomic E-state index is 11.5. The molecule has 0 amide bonds. The lowest BCUT2D eigenvalue weighted by molar-refractivity contribution is -0.384. The lowest BCUT2D eigenvalue weighted by Gasteiger charge is -2.04. The molecule has 1 rings (SSSR count). The van der Waals surface area contributed by atoms with Crippen LogP contribution in [-0.2, 0) is 4.74 Å². The quantitative estimate of drug-likeness (QED) is 0.348. The highest BCUT2D eigenvalue weighted by atomic mass is 16.6. The van der Waals surface area contributed by atoms with Crippen molar-refractivity contribution in [2.75, 3.05) is 6.61 Å². The van der Waals surface area contributed by atoms with Crippen LogP contribution in [0, 0.1) is 10.1 Å². The molecule has 17 heavy (non-hydrogen) atoms. The van der Waals surface area contributed by atoms with Crippen LogP contribution in [0.25, 0.3) is 0 Å². The SMILES string of the molecule is C/C=C(/C)COC(=O)c1ccc([N+](=O)[O-])cc1. The molecule has 0 bridgehead atoms. The highest BCUT2D eigenvalue weighted by Crippen LogP contribution is 2.12. The summed E-state index contributed by atoms with van der Waals surface area (Å²) in [5.41, 5.74) is 1.20.